The topological polar surface area (TPSA) is 64.1 Å². The van der Waals surface area contributed by atoms with Crippen molar-refractivity contribution in [3.05, 3.63) is 65.4 Å². The summed E-state index contributed by atoms with van der Waals surface area (Å²) in [4.78, 5) is 21.6. The lowest BCUT2D eigenvalue weighted by atomic mass is 10.2. The highest BCUT2D eigenvalue weighted by Gasteiger charge is 2.31. The molecule has 0 saturated heterocycles. The summed E-state index contributed by atoms with van der Waals surface area (Å²) >= 11 is 1.49. The predicted molar refractivity (Wildman–Crippen MR) is 89.6 cm³/mol. The molecule has 26 heavy (non-hydrogen) atoms. The van der Waals surface area contributed by atoms with Crippen LogP contribution in [0.25, 0.3) is 10.6 Å². The SMILES string of the molecule is O=C(NCc1nccnc1-c1cccs1)c1cccc(OC(F)(F)F)c1. The van der Waals surface area contributed by atoms with Gasteiger partial charge in [0.1, 0.15) is 11.4 Å². The van der Waals surface area contributed by atoms with Crippen LogP contribution in [-0.4, -0.2) is 22.2 Å². The second-order valence-electron chi connectivity index (χ2n) is 5.09. The first-order valence-electron chi connectivity index (χ1n) is 7.40. The van der Waals surface area contributed by atoms with Crippen molar-refractivity contribution in [2.24, 2.45) is 0 Å². The molecule has 3 aromatic rings. The average Bonchev–Trinajstić information content (AvgIpc) is 3.13. The van der Waals surface area contributed by atoms with Crippen LogP contribution >= 0.6 is 11.3 Å². The standard InChI is InChI=1S/C17H12F3N3O2S/c18-17(19,20)25-12-4-1-3-11(9-12)16(24)23-10-13-15(22-7-6-21-13)14-5-2-8-26-14/h1-9H,10H2,(H,23,24). The van der Waals surface area contributed by atoms with Gasteiger partial charge < -0.3 is 10.1 Å². The fourth-order valence-corrected chi connectivity index (χ4v) is 2.96. The number of carbonyl (C=O) groups excluding carboxylic acids is 1. The van der Waals surface area contributed by atoms with Gasteiger partial charge in [0.15, 0.2) is 0 Å². The molecule has 3 rings (SSSR count). The van der Waals surface area contributed by atoms with E-state index < -0.39 is 18.0 Å². The van der Waals surface area contributed by atoms with Gasteiger partial charge in [-0.05, 0) is 29.6 Å². The molecule has 0 bridgehead atoms. The number of carbonyl (C=O) groups is 1. The number of hydrogen-bond donors (Lipinski definition) is 1. The third-order valence-corrected chi connectivity index (χ3v) is 4.15. The summed E-state index contributed by atoms with van der Waals surface area (Å²) in [5.74, 6) is -0.996. The van der Waals surface area contributed by atoms with Gasteiger partial charge in [0.05, 0.1) is 17.1 Å². The lowest BCUT2D eigenvalue weighted by Gasteiger charge is -2.11. The first-order valence-corrected chi connectivity index (χ1v) is 8.28. The van der Waals surface area contributed by atoms with E-state index in [1.807, 2.05) is 17.5 Å². The van der Waals surface area contributed by atoms with Crippen molar-refractivity contribution in [1.82, 2.24) is 15.3 Å². The number of nitrogens with zero attached hydrogens (tertiary/aromatic N) is 2. The number of rotatable bonds is 5. The van der Waals surface area contributed by atoms with Crippen molar-refractivity contribution in [3.8, 4) is 16.3 Å². The van der Waals surface area contributed by atoms with E-state index in [0.717, 1.165) is 17.0 Å². The Morgan fingerprint density at radius 2 is 1.96 bits per heavy atom. The zero-order chi connectivity index (χ0) is 18.6. The molecule has 0 aliphatic rings. The Balaban J connectivity index is 1.71. The van der Waals surface area contributed by atoms with Crippen molar-refractivity contribution in [3.63, 3.8) is 0 Å². The Hall–Kier alpha value is -2.94. The summed E-state index contributed by atoms with van der Waals surface area (Å²) in [6.07, 6.45) is -1.75. The van der Waals surface area contributed by atoms with Crippen LogP contribution in [0.5, 0.6) is 5.75 Å². The van der Waals surface area contributed by atoms with Gasteiger partial charge in [-0.25, -0.2) is 0 Å². The molecule has 1 amide bonds. The molecule has 5 nitrogen and oxygen atoms in total. The average molecular weight is 379 g/mol. The van der Waals surface area contributed by atoms with E-state index in [9.17, 15) is 18.0 Å². The quantitative estimate of drug-likeness (QED) is 0.727. The van der Waals surface area contributed by atoms with Crippen LogP contribution in [0.4, 0.5) is 13.2 Å². The summed E-state index contributed by atoms with van der Waals surface area (Å²) in [6, 6.07) is 8.63. The molecule has 0 fully saturated rings. The number of thiophene rings is 1. The van der Waals surface area contributed by atoms with Crippen molar-refractivity contribution in [1.29, 1.82) is 0 Å². The fourth-order valence-electron chi connectivity index (χ4n) is 2.22. The Labute approximate surface area is 150 Å². The number of benzene rings is 1. The van der Waals surface area contributed by atoms with Crippen molar-refractivity contribution in [2.75, 3.05) is 0 Å². The van der Waals surface area contributed by atoms with Crippen LogP contribution < -0.4 is 10.1 Å². The van der Waals surface area contributed by atoms with Gasteiger partial charge in [0.2, 0.25) is 0 Å². The van der Waals surface area contributed by atoms with E-state index in [1.165, 1.54) is 29.7 Å². The summed E-state index contributed by atoms with van der Waals surface area (Å²) in [5, 5.41) is 4.54. The zero-order valence-corrected chi connectivity index (χ0v) is 14.0. The monoisotopic (exact) mass is 379 g/mol. The van der Waals surface area contributed by atoms with Crippen LogP contribution in [0, 0.1) is 0 Å². The third-order valence-electron chi connectivity index (χ3n) is 3.27. The highest BCUT2D eigenvalue weighted by molar-refractivity contribution is 7.13. The molecule has 0 spiro atoms. The first-order chi connectivity index (χ1) is 12.4. The normalized spacial score (nSPS) is 11.2. The van der Waals surface area contributed by atoms with Crippen LogP contribution in [0.2, 0.25) is 0 Å². The van der Waals surface area contributed by atoms with Crippen LogP contribution in [0.15, 0.2) is 54.2 Å². The maximum Gasteiger partial charge on any atom is 0.573 e. The number of amides is 1. The van der Waals surface area contributed by atoms with Crippen molar-refractivity contribution in [2.45, 2.75) is 12.9 Å². The summed E-state index contributed by atoms with van der Waals surface area (Å²) in [6.45, 7) is 0.0876. The van der Waals surface area contributed by atoms with Crippen molar-refractivity contribution >= 4 is 17.2 Å². The van der Waals surface area contributed by atoms with E-state index in [1.54, 1.807) is 6.20 Å². The number of hydrogen-bond acceptors (Lipinski definition) is 5. The largest absolute Gasteiger partial charge is 0.573 e. The lowest BCUT2D eigenvalue weighted by molar-refractivity contribution is -0.274. The Morgan fingerprint density at radius 1 is 1.15 bits per heavy atom. The Kier molecular flexibility index (Phi) is 5.17. The molecule has 0 aliphatic heterocycles. The van der Waals surface area contributed by atoms with Gasteiger partial charge in [0.25, 0.3) is 5.91 Å². The highest BCUT2D eigenvalue weighted by Crippen LogP contribution is 2.25. The van der Waals surface area contributed by atoms with Crippen molar-refractivity contribution < 1.29 is 22.7 Å². The minimum atomic E-state index is -4.82. The Morgan fingerprint density at radius 3 is 2.69 bits per heavy atom. The van der Waals surface area contributed by atoms with Gasteiger partial charge in [-0.1, -0.05) is 12.1 Å². The summed E-state index contributed by atoms with van der Waals surface area (Å²) < 4.78 is 40.7. The highest BCUT2D eigenvalue weighted by atomic mass is 32.1. The van der Waals surface area contributed by atoms with E-state index in [4.69, 9.17) is 0 Å². The number of ether oxygens (including phenoxy) is 1. The number of aromatic nitrogens is 2. The van der Waals surface area contributed by atoms with Crippen LogP contribution in [0.3, 0.4) is 0 Å². The van der Waals surface area contributed by atoms with E-state index in [0.29, 0.717) is 11.4 Å². The van der Waals surface area contributed by atoms with E-state index in [-0.39, 0.29) is 12.1 Å². The fraction of sp³-hybridized carbons (Fsp3) is 0.118. The maximum absolute atomic E-state index is 12.3. The predicted octanol–water partition coefficient (Wildman–Crippen LogP) is 4.03. The number of nitrogens with one attached hydrogen (secondary N) is 1. The van der Waals surface area contributed by atoms with Gasteiger partial charge in [-0.15, -0.1) is 24.5 Å². The van der Waals surface area contributed by atoms with Gasteiger partial charge >= 0.3 is 6.36 Å². The van der Waals surface area contributed by atoms with Gasteiger partial charge in [-0.2, -0.15) is 0 Å². The molecule has 1 aromatic carbocycles. The Bertz CT molecular complexity index is 898. The second kappa shape index (κ2) is 7.52. The minimum Gasteiger partial charge on any atom is -0.406 e. The molecule has 0 radical (unpaired) electrons. The van der Waals surface area contributed by atoms with E-state index >= 15 is 0 Å². The molecule has 0 atom stereocenters. The molecule has 2 heterocycles. The number of alkyl halides is 3. The molecule has 0 aliphatic carbocycles. The maximum atomic E-state index is 12.3. The van der Waals surface area contributed by atoms with Crippen LogP contribution in [-0.2, 0) is 6.54 Å². The summed E-state index contributed by atoms with van der Waals surface area (Å²) in [5.41, 5.74) is 1.26. The lowest BCUT2D eigenvalue weighted by Crippen LogP contribution is -2.24. The summed E-state index contributed by atoms with van der Waals surface area (Å²) in [7, 11) is 0. The molecule has 0 unspecified atom stereocenters. The molecule has 1 N–H and O–H groups in total. The van der Waals surface area contributed by atoms with Gasteiger partial charge in [-0.3, -0.25) is 14.8 Å². The molecule has 134 valence electrons. The van der Waals surface area contributed by atoms with E-state index in [2.05, 4.69) is 20.0 Å². The number of halogens is 3. The first kappa shape index (κ1) is 17.9. The van der Waals surface area contributed by atoms with Crippen LogP contribution in [0.1, 0.15) is 16.1 Å². The molecule has 9 heteroatoms. The molecule has 2 aromatic heterocycles. The molecule has 0 saturated carbocycles. The third kappa shape index (κ3) is 4.57. The molecular formula is C17H12F3N3O2S. The van der Waals surface area contributed by atoms with Gasteiger partial charge in [0, 0.05) is 18.0 Å². The molecular weight excluding hydrogens is 367 g/mol. The second-order valence-corrected chi connectivity index (χ2v) is 6.03. The smallest absolute Gasteiger partial charge is 0.406 e. The minimum absolute atomic E-state index is 0.0494. The zero-order valence-electron chi connectivity index (χ0n) is 13.2.